The lowest BCUT2D eigenvalue weighted by molar-refractivity contribution is 0.0651. The van der Waals surface area contributed by atoms with E-state index in [0.717, 1.165) is 6.54 Å². The van der Waals surface area contributed by atoms with Crippen molar-refractivity contribution < 1.29 is 0 Å². The highest BCUT2D eigenvalue weighted by atomic mass is 32.2. The Balaban J connectivity index is 2.02. The van der Waals surface area contributed by atoms with Crippen LogP contribution in [0.1, 0.15) is 43.2 Å². The molecule has 0 radical (unpaired) electrons. The second-order valence-electron chi connectivity index (χ2n) is 6.39. The van der Waals surface area contributed by atoms with Gasteiger partial charge in [-0.05, 0) is 49.1 Å². The van der Waals surface area contributed by atoms with Crippen LogP contribution in [0.2, 0.25) is 0 Å². The van der Waals surface area contributed by atoms with Gasteiger partial charge in [-0.15, -0.1) is 0 Å². The molecule has 110 valence electrons. The largest absolute Gasteiger partial charge is 0.328 e. The minimum absolute atomic E-state index is 0.0542. The van der Waals surface area contributed by atoms with Gasteiger partial charge in [0.15, 0.2) is 0 Å². The topological polar surface area (TPSA) is 29.3 Å². The second kappa shape index (κ2) is 5.70. The van der Waals surface area contributed by atoms with E-state index in [9.17, 15) is 0 Å². The molecule has 1 saturated heterocycles. The van der Waals surface area contributed by atoms with E-state index in [1.807, 2.05) is 0 Å². The number of benzene rings is 1. The number of hydrogen-bond acceptors (Lipinski definition) is 3. The fourth-order valence-electron chi connectivity index (χ4n) is 4.00. The average molecular weight is 290 g/mol. The predicted molar refractivity (Wildman–Crippen MR) is 88.3 cm³/mol. The standard InChI is InChI=1S/C17H26N2S/c1-13-7-9-17(12-18,16-6-4-3-5-15(13)16)19(2)14-8-10-20-11-14/h3-6,13-14H,7-12,18H2,1-2H3. The average Bonchev–Trinajstić information content (AvgIpc) is 3.02. The Hall–Kier alpha value is -0.510. The van der Waals surface area contributed by atoms with E-state index in [1.54, 1.807) is 0 Å². The van der Waals surface area contributed by atoms with Crippen molar-refractivity contribution in [3.05, 3.63) is 35.4 Å². The van der Waals surface area contributed by atoms with Crippen LogP contribution >= 0.6 is 11.8 Å². The van der Waals surface area contributed by atoms with Crippen molar-refractivity contribution in [2.75, 3.05) is 25.1 Å². The maximum Gasteiger partial charge on any atom is 0.0586 e. The van der Waals surface area contributed by atoms with E-state index in [4.69, 9.17) is 5.73 Å². The molecule has 2 nitrogen and oxygen atoms in total. The van der Waals surface area contributed by atoms with Crippen LogP contribution in [0.3, 0.4) is 0 Å². The first-order valence-electron chi connectivity index (χ1n) is 7.79. The number of nitrogens with zero attached hydrogens (tertiary/aromatic N) is 1. The van der Waals surface area contributed by atoms with Crippen LogP contribution in [0.25, 0.3) is 0 Å². The van der Waals surface area contributed by atoms with Gasteiger partial charge in [-0.1, -0.05) is 31.2 Å². The maximum atomic E-state index is 6.32. The highest BCUT2D eigenvalue weighted by Crippen LogP contribution is 2.45. The lowest BCUT2D eigenvalue weighted by atomic mass is 9.71. The highest BCUT2D eigenvalue weighted by molar-refractivity contribution is 7.99. The lowest BCUT2D eigenvalue weighted by Gasteiger charge is -2.49. The summed E-state index contributed by atoms with van der Waals surface area (Å²) in [6.07, 6.45) is 3.75. The van der Waals surface area contributed by atoms with Crippen molar-refractivity contribution in [3.63, 3.8) is 0 Å². The van der Waals surface area contributed by atoms with Crippen LogP contribution < -0.4 is 5.73 Å². The van der Waals surface area contributed by atoms with Crippen molar-refractivity contribution in [2.45, 2.75) is 43.7 Å². The van der Waals surface area contributed by atoms with Gasteiger partial charge in [-0.3, -0.25) is 4.90 Å². The molecule has 3 heteroatoms. The van der Waals surface area contributed by atoms with Gasteiger partial charge in [0.05, 0.1) is 5.54 Å². The normalized spacial score (nSPS) is 33.4. The molecule has 0 saturated carbocycles. The fourth-order valence-corrected chi connectivity index (χ4v) is 5.26. The summed E-state index contributed by atoms with van der Waals surface area (Å²) in [4.78, 5) is 2.61. The van der Waals surface area contributed by atoms with E-state index in [0.29, 0.717) is 12.0 Å². The Bertz CT molecular complexity index is 470. The SMILES string of the molecule is CC1CCC(CN)(N(C)C2CCSC2)c2ccccc21. The third-order valence-corrected chi connectivity index (χ3v) is 6.60. The first-order chi connectivity index (χ1) is 9.69. The van der Waals surface area contributed by atoms with E-state index < -0.39 is 0 Å². The van der Waals surface area contributed by atoms with Crippen molar-refractivity contribution in [3.8, 4) is 0 Å². The first kappa shape index (κ1) is 14.4. The molecule has 1 heterocycles. The van der Waals surface area contributed by atoms with Gasteiger partial charge in [0.2, 0.25) is 0 Å². The predicted octanol–water partition coefficient (Wildman–Crippen LogP) is 3.18. The zero-order valence-electron chi connectivity index (χ0n) is 12.6. The monoisotopic (exact) mass is 290 g/mol. The molecule has 1 aliphatic carbocycles. The molecule has 1 aliphatic heterocycles. The Morgan fingerprint density at radius 2 is 2.15 bits per heavy atom. The zero-order chi connectivity index (χ0) is 14.2. The lowest BCUT2D eigenvalue weighted by Crippen LogP contribution is -2.55. The van der Waals surface area contributed by atoms with Gasteiger partial charge in [-0.25, -0.2) is 0 Å². The molecular weight excluding hydrogens is 264 g/mol. The number of fused-ring (bicyclic) bond motifs is 1. The Kier molecular flexibility index (Phi) is 4.11. The van der Waals surface area contributed by atoms with Crippen molar-refractivity contribution >= 4 is 11.8 Å². The molecule has 0 spiro atoms. The molecule has 3 unspecified atom stereocenters. The zero-order valence-corrected chi connectivity index (χ0v) is 13.5. The molecule has 1 aromatic rings. The molecule has 0 amide bonds. The van der Waals surface area contributed by atoms with E-state index in [1.165, 1.54) is 41.9 Å². The maximum absolute atomic E-state index is 6.32. The molecule has 2 aliphatic rings. The molecule has 20 heavy (non-hydrogen) atoms. The van der Waals surface area contributed by atoms with Crippen molar-refractivity contribution in [2.24, 2.45) is 5.73 Å². The van der Waals surface area contributed by atoms with Gasteiger partial charge in [0, 0.05) is 18.3 Å². The molecule has 0 bridgehead atoms. The van der Waals surface area contributed by atoms with Crippen LogP contribution in [0.15, 0.2) is 24.3 Å². The van der Waals surface area contributed by atoms with Gasteiger partial charge < -0.3 is 5.73 Å². The van der Waals surface area contributed by atoms with Crippen molar-refractivity contribution in [1.29, 1.82) is 0 Å². The number of hydrogen-bond donors (Lipinski definition) is 1. The molecule has 1 fully saturated rings. The number of rotatable bonds is 3. The van der Waals surface area contributed by atoms with Crippen LogP contribution in [-0.2, 0) is 5.54 Å². The highest BCUT2D eigenvalue weighted by Gasteiger charge is 2.43. The summed E-state index contributed by atoms with van der Waals surface area (Å²) >= 11 is 2.08. The Morgan fingerprint density at radius 1 is 1.35 bits per heavy atom. The van der Waals surface area contributed by atoms with E-state index >= 15 is 0 Å². The number of thioether (sulfide) groups is 1. The van der Waals surface area contributed by atoms with Crippen LogP contribution in [0.5, 0.6) is 0 Å². The molecule has 2 N–H and O–H groups in total. The van der Waals surface area contributed by atoms with Gasteiger partial charge in [0.1, 0.15) is 0 Å². The van der Waals surface area contributed by atoms with E-state index in [-0.39, 0.29) is 5.54 Å². The Labute approximate surface area is 127 Å². The smallest absolute Gasteiger partial charge is 0.0586 e. The number of likely N-dealkylation sites (N-methyl/N-ethyl adjacent to an activating group) is 1. The van der Waals surface area contributed by atoms with Crippen LogP contribution in [-0.4, -0.2) is 36.0 Å². The number of nitrogens with two attached hydrogens (primary N) is 1. The first-order valence-corrected chi connectivity index (χ1v) is 8.94. The summed E-state index contributed by atoms with van der Waals surface area (Å²) < 4.78 is 0. The van der Waals surface area contributed by atoms with Crippen LogP contribution in [0, 0.1) is 0 Å². The Morgan fingerprint density at radius 3 is 2.85 bits per heavy atom. The second-order valence-corrected chi connectivity index (χ2v) is 7.54. The summed E-state index contributed by atoms with van der Waals surface area (Å²) in [5.74, 6) is 3.22. The quantitative estimate of drug-likeness (QED) is 0.927. The molecule has 3 atom stereocenters. The molecule has 1 aromatic carbocycles. The molecule has 0 aromatic heterocycles. The fraction of sp³-hybridized carbons (Fsp3) is 0.647. The molecule has 3 rings (SSSR count). The van der Waals surface area contributed by atoms with E-state index in [2.05, 4.69) is 54.9 Å². The summed E-state index contributed by atoms with van der Waals surface area (Å²) in [6, 6.07) is 9.66. The third-order valence-electron chi connectivity index (χ3n) is 5.45. The minimum atomic E-state index is 0.0542. The minimum Gasteiger partial charge on any atom is -0.328 e. The summed E-state index contributed by atoms with van der Waals surface area (Å²) in [5.41, 5.74) is 9.37. The van der Waals surface area contributed by atoms with Crippen LogP contribution in [0.4, 0.5) is 0 Å². The van der Waals surface area contributed by atoms with Gasteiger partial charge in [-0.2, -0.15) is 11.8 Å². The third kappa shape index (κ3) is 2.20. The molecular formula is C17H26N2S. The van der Waals surface area contributed by atoms with Gasteiger partial charge in [0.25, 0.3) is 0 Å². The summed E-state index contributed by atoms with van der Waals surface area (Å²) in [5, 5.41) is 0. The van der Waals surface area contributed by atoms with Gasteiger partial charge >= 0.3 is 0 Å². The summed E-state index contributed by atoms with van der Waals surface area (Å²) in [6.45, 7) is 3.08. The van der Waals surface area contributed by atoms with Crippen molar-refractivity contribution in [1.82, 2.24) is 4.90 Å². The summed E-state index contributed by atoms with van der Waals surface area (Å²) in [7, 11) is 2.30.